The molecule has 1 atom stereocenters. The molecule has 0 fully saturated rings. The number of benzene rings is 2. The number of aromatic nitrogens is 1. The molecular formula is C21H22F3N3O2S. The number of anilines is 1. The molecule has 0 spiro atoms. The maximum Gasteiger partial charge on any atom is 0.424 e. The smallest absolute Gasteiger partial charge is 0.375 e. The van der Waals surface area contributed by atoms with Gasteiger partial charge in [-0.15, -0.1) is 11.3 Å². The SMILES string of the molecule is CN(CCCNC(=O)CC(O)(c1nc2ccccc2s1)C(F)(F)F)c1ccccc1. The number of para-hydroxylation sites is 2. The fourth-order valence-corrected chi connectivity index (χ4v) is 4.07. The first kappa shape index (κ1) is 22.0. The predicted octanol–water partition coefficient (Wildman–Crippen LogP) is 4.08. The van der Waals surface area contributed by atoms with E-state index in [1.165, 1.54) is 0 Å². The number of aliphatic hydroxyl groups is 1. The Balaban J connectivity index is 1.60. The Hall–Kier alpha value is -2.65. The predicted molar refractivity (Wildman–Crippen MR) is 112 cm³/mol. The van der Waals surface area contributed by atoms with Gasteiger partial charge in [0.1, 0.15) is 5.01 Å². The monoisotopic (exact) mass is 437 g/mol. The van der Waals surface area contributed by atoms with Crippen molar-refractivity contribution in [2.45, 2.75) is 24.6 Å². The van der Waals surface area contributed by atoms with E-state index in [1.807, 2.05) is 42.3 Å². The average molecular weight is 437 g/mol. The summed E-state index contributed by atoms with van der Waals surface area (Å²) in [5.74, 6) is -0.878. The van der Waals surface area contributed by atoms with Gasteiger partial charge in [0.05, 0.1) is 16.6 Å². The molecule has 0 saturated carbocycles. The number of alkyl halides is 3. The summed E-state index contributed by atoms with van der Waals surface area (Å²) in [7, 11) is 1.90. The zero-order valence-corrected chi connectivity index (χ0v) is 17.1. The molecule has 0 radical (unpaired) electrons. The van der Waals surface area contributed by atoms with E-state index in [4.69, 9.17) is 0 Å². The van der Waals surface area contributed by atoms with Gasteiger partial charge in [-0.3, -0.25) is 4.79 Å². The second-order valence-corrected chi connectivity index (χ2v) is 8.01. The number of carbonyl (C=O) groups excluding carboxylic acids is 1. The maximum absolute atomic E-state index is 13.7. The Morgan fingerprint density at radius 2 is 1.80 bits per heavy atom. The highest BCUT2D eigenvalue weighted by Gasteiger charge is 2.58. The molecule has 1 amide bonds. The molecule has 0 aliphatic rings. The Kier molecular flexibility index (Phi) is 6.62. The van der Waals surface area contributed by atoms with Crippen LogP contribution in [0.5, 0.6) is 0 Å². The Labute approximate surface area is 176 Å². The molecule has 0 saturated heterocycles. The van der Waals surface area contributed by atoms with Crippen molar-refractivity contribution in [3.63, 3.8) is 0 Å². The van der Waals surface area contributed by atoms with E-state index < -0.39 is 29.1 Å². The van der Waals surface area contributed by atoms with E-state index in [1.54, 1.807) is 24.3 Å². The molecule has 30 heavy (non-hydrogen) atoms. The van der Waals surface area contributed by atoms with E-state index in [-0.39, 0.29) is 6.54 Å². The topological polar surface area (TPSA) is 65.5 Å². The number of nitrogens with zero attached hydrogens (tertiary/aromatic N) is 2. The summed E-state index contributed by atoms with van der Waals surface area (Å²) in [6, 6.07) is 16.1. The molecule has 1 unspecified atom stereocenters. The van der Waals surface area contributed by atoms with Crippen LogP contribution in [-0.4, -0.2) is 42.3 Å². The molecule has 0 aliphatic heterocycles. The molecule has 0 aliphatic carbocycles. The van der Waals surface area contributed by atoms with Crippen LogP contribution in [0.25, 0.3) is 10.2 Å². The lowest BCUT2D eigenvalue weighted by Crippen LogP contribution is -2.46. The second-order valence-electron chi connectivity index (χ2n) is 6.98. The van der Waals surface area contributed by atoms with Gasteiger partial charge < -0.3 is 15.3 Å². The minimum absolute atomic E-state index is 0.198. The molecule has 1 aromatic heterocycles. The van der Waals surface area contributed by atoms with Crippen molar-refractivity contribution in [3.8, 4) is 0 Å². The number of hydrogen-bond acceptors (Lipinski definition) is 5. The number of hydrogen-bond donors (Lipinski definition) is 2. The molecule has 3 aromatic rings. The van der Waals surface area contributed by atoms with Gasteiger partial charge in [-0.2, -0.15) is 13.2 Å². The van der Waals surface area contributed by atoms with E-state index in [9.17, 15) is 23.1 Å². The summed E-state index contributed by atoms with van der Waals surface area (Å²) < 4.78 is 41.6. The van der Waals surface area contributed by atoms with Crippen LogP contribution in [0, 0.1) is 0 Å². The normalized spacial score (nSPS) is 13.8. The van der Waals surface area contributed by atoms with Crippen LogP contribution in [0.3, 0.4) is 0 Å². The molecule has 0 bridgehead atoms. The van der Waals surface area contributed by atoms with E-state index >= 15 is 0 Å². The fraction of sp³-hybridized carbons (Fsp3) is 0.333. The molecule has 1 heterocycles. The first-order valence-corrected chi connectivity index (χ1v) is 10.2. The lowest BCUT2D eigenvalue weighted by Gasteiger charge is -2.28. The Bertz CT molecular complexity index is 961. The zero-order chi connectivity index (χ0) is 21.8. The summed E-state index contributed by atoms with van der Waals surface area (Å²) in [4.78, 5) is 18.1. The lowest BCUT2D eigenvalue weighted by atomic mass is 9.99. The van der Waals surface area contributed by atoms with Crippen molar-refractivity contribution in [1.29, 1.82) is 0 Å². The lowest BCUT2D eigenvalue weighted by molar-refractivity contribution is -0.267. The number of carbonyl (C=O) groups is 1. The van der Waals surface area contributed by atoms with Gasteiger partial charge in [0.2, 0.25) is 11.5 Å². The molecule has 2 aromatic carbocycles. The van der Waals surface area contributed by atoms with Gasteiger partial charge in [0.15, 0.2) is 0 Å². The average Bonchev–Trinajstić information content (AvgIpc) is 3.15. The van der Waals surface area contributed by atoms with Crippen LogP contribution in [0.15, 0.2) is 54.6 Å². The van der Waals surface area contributed by atoms with Gasteiger partial charge >= 0.3 is 6.18 Å². The van der Waals surface area contributed by atoms with Crippen molar-refractivity contribution >= 4 is 33.1 Å². The van der Waals surface area contributed by atoms with Gasteiger partial charge in [0, 0.05) is 25.8 Å². The first-order valence-electron chi connectivity index (χ1n) is 9.39. The van der Waals surface area contributed by atoms with E-state index in [0.717, 1.165) is 17.0 Å². The van der Waals surface area contributed by atoms with Crippen molar-refractivity contribution in [1.82, 2.24) is 10.3 Å². The van der Waals surface area contributed by atoms with E-state index in [2.05, 4.69) is 10.3 Å². The Morgan fingerprint density at radius 1 is 1.13 bits per heavy atom. The molecule has 2 N–H and O–H groups in total. The summed E-state index contributed by atoms with van der Waals surface area (Å²) in [5.41, 5.74) is -1.97. The minimum atomic E-state index is -5.04. The van der Waals surface area contributed by atoms with Gasteiger partial charge in [-0.25, -0.2) is 4.98 Å². The quantitative estimate of drug-likeness (QED) is 0.522. The summed E-state index contributed by atoms with van der Waals surface area (Å²) in [5, 5.41) is 12.4. The molecule has 3 rings (SSSR count). The van der Waals surface area contributed by atoms with Crippen molar-refractivity contribution in [2.24, 2.45) is 0 Å². The number of halogens is 3. The number of rotatable bonds is 8. The zero-order valence-electron chi connectivity index (χ0n) is 16.3. The standard InChI is InChI=1S/C21H22F3N3O2S/c1-27(15-8-3-2-4-9-15)13-7-12-25-18(28)14-20(29,21(22,23)24)19-26-16-10-5-6-11-17(16)30-19/h2-6,8-11,29H,7,12-14H2,1H3,(H,25,28). The summed E-state index contributed by atoms with van der Waals surface area (Å²) >= 11 is 0.735. The maximum atomic E-state index is 13.7. The van der Waals surface area contributed by atoms with Crippen LogP contribution >= 0.6 is 11.3 Å². The number of amides is 1. The molecule has 5 nitrogen and oxygen atoms in total. The van der Waals surface area contributed by atoms with Crippen LogP contribution < -0.4 is 10.2 Å². The van der Waals surface area contributed by atoms with Crippen LogP contribution in [0.4, 0.5) is 18.9 Å². The fourth-order valence-electron chi connectivity index (χ4n) is 3.00. The van der Waals surface area contributed by atoms with Crippen LogP contribution in [-0.2, 0) is 10.4 Å². The highest BCUT2D eigenvalue weighted by Crippen LogP contribution is 2.44. The highest BCUT2D eigenvalue weighted by molar-refractivity contribution is 7.18. The highest BCUT2D eigenvalue weighted by atomic mass is 32.1. The van der Waals surface area contributed by atoms with Crippen molar-refractivity contribution in [3.05, 3.63) is 59.6 Å². The molecule has 160 valence electrons. The summed E-state index contributed by atoms with van der Waals surface area (Å²) in [6.07, 6.45) is -5.63. The van der Waals surface area contributed by atoms with E-state index in [0.29, 0.717) is 23.2 Å². The summed E-state index contributed by atoms with van der Waals surface area (Å²) in [6.45, 7) is 0.815. The van der Waals surface area contributed by atoms with Gasteiger partial charge in [-0.05, 0) is 30.7 Å². The second kappa shape index (κ2) is 9.01. The van der Waals surface area contributed by atoms with Crippen LogP contribution in [0.1, 0.15) is 17.8 Å². The number of fused-ring (bicyclic) bond motifs is 1. The largest absolute Gasteiger partial charge is 0.424 e. The number of nitrogens with one attached hydrogen (secondary N) is 1. The van der Waals surface area contributed by atoms with Crippen LogP contribution in [0.2, 0.25) is 0 Å². The first-order chi connectivity index (χ1) is 14.2. The molecule has 9 heteroatoms. The third kappa shape index (κ3) is 4.91. The Morgan fingerprint density at radius 3 is 2.47 bits per heavy atom. The molecular weight excluding hydrogens is 415 g/mol. The minimum Gasteiger partial charge on any atom is -0.375 e. The van der Waals surface area contributed by atoms with Gasteiger partial charge in [0.25, 0.3) is 0 Å². The third-order valence-corrected chi connectivity index (χ3v) is 5.91. The number of thiazole rings is 1. The van der Waals surface area contributed by atoms with Gasteiger partial charge in [-0.1, -0.05) is 30.3 Å². The van der Waals surface area contributed by atoms with Crippen molar-refractivity contribution in [2.75, 3.05) is 25.0 Å². The third-order valence-electron chi connectivity index (χ3n) is 4.72. The van der Waals surface area contributed by atoms with Crippen molar-refractivity contribution < 1.29 is 23.1 Å².